The van der Waals surface area contributed by atoms with Crippen LogP contribution in [-0.2, 0) is 17.8 Å². The summed E-state index contributed by atoms with van der Waals surface area (Å²) >= 11 is 0. The molecule has 0 saturated heterocycles. The third-order valence-electron chi connectivity index (χ3n) is 8.46. The van der Waals surface area contributed by atoms with Gasteiger partial charge in [0, 0.05) is 60.8 Å². The van der Waals surface area contributed by atoms with Gasteiger partial charge in [0.05, 0.1) is 0 Å². The van der Waals surface area contributed by atoms with Crippen molar-refractivity contribution in [3.05, 3.63) is 119 Å². The molecule has 4 aromatic rings. The maximum Gasteiger partial charge on any atom is 0.172 e. The van der Waals surface area contributed by atoms with Gasteiger partial charge in [-0.1, -0.05) is 48.6 Å². The molecule has 0 aliphatic rings. The van der Waals surface area contributed by atoms with E-state index in [0.717, 1.165) is 39.3 Å². The Morgan fingerprint density at radius 2 is 0.911 bits per heavy atom. The maximum atomic E-state index is 6.00. The number of benzene rings is 2. The van der Waals surface area contributed by atoms with Crippen molar-refractivity contribution in [3.8, 4) is 0 Å². The summed E-state index contributed by atoms with van der Waals surface area (Å²) in [7, 11) is 0. The first-order valence-electron chi connectivity index (χ1n) is 16.6. The van der Waals surface area contributed by atoms with Gasteiger partial charge in [0.1, 0.15) is 13.2 Å². The molecule has 0 aliphatic carbocycles. The normalized spacial score (nSPS) is 11.5. The van der Waals surface area contributed by atoms with Gasteiger partial charge in [0.25, 0.3) is 0 Å². The Bertz CT molecular complexity index is 1420. The van der Waals surface area contributed by atoms with Gasteiger partial charge in [-0.25, -0.2) is 9.13 Å². The molecule has 5 heteroatoms. The summed E-state index contributed by atoms with van der Waals surface area (Å²) in [5.41, 5.74) is 9.96. The lowest BCUT2D eigenvalue weighted by molar-refractivity contribution is -0.705. The third-order valence-corrected chi connectivity index (χ3v) is 8.46. The zero-order valence-electron chi connectivity index (χ0n) is 28.2. The zero-order chi connectivity index (χ0) is 32.0. The number of aromatic nitrogens is 2. The molecule has 0 aliphatic heterocycles. The highest BCUT2D eigenvalue weighted by atomic mass is 16.5. The molecular weight excluding hydrogens is 552 g/mol. The fraction of sp³-hybridized carbons (Fsp3) is 0.350. The summed E-state index contributed by atoms with van der Waals surface area (Å²) in [5, 5.41) is 0. The van der Waals surface area contributed by atoms with E-state index in [-0.39, 0.29) is 0 Å². The highest BCUT2D eigenvalue weighted by Crippen LogP contribution is 2.18. The molecule has 5 nitrogen and oxygen atoms in total. The fourth-order valence-electron chi connectivity index (χ4n) is 5.58. The van der Waals surface area contributed by atoms with Gasteiger partial charge >= 0.3 is 0 Å². The number of pyridine rings is 2. The molecule has 2 aromatic heterocycles. The smallest absolute Gasteiger partial charge is 0.172 e. The molecule has 236 valence electrons. The van der Waals surface area contributed by atoms with E-state index in [1.165, 1.54) is 44.8 Å². The molecular formula is C40H52N4O+2. The predicted octanol–water partition coefficient (Wildman–Crippen LogP) is 7.63. The minimum absolute atomic E-state index is 0.686. The predicted molar refractivity (Wildman–Crippen MR) is 191 cm³/mol. The molecule has 0 amide bonds. The lowest BCUT2D eigenvalue weighted by atomic mass is 10.1. The number of anilines is 2. The molecule has 0 N–H and O–H groups in total. The van der Waals surface area contributed by atoms with Crippen LogP contribution in [-0.4, -0.2) is 39.4 Å². The average Bonchev–Trinajstić information content (AvgIpc) is 3.06. The topological polar surface area (TPSA) is 23.5 Å². The fourth-order valence-corrected chi connectivity index (χ4v) is 5.58. The van der Waals surface area contributed by atoms with Crippen molar-refractivity contribution in [2.24, 2.45) is 0 Å². The molecule has 0 bridgehead atoms. The number of hydrogen-bond donors (Lipinski definition) is 0. The SMILES string of the molecule is CCN(CC)c1ccc(/C=C/c2cc[n+](CCOCC[n+]3ccc(/C=C/c4ccc(N(CC)CC)cc4)c(C)c3)cc2C)cc1. The van der Waals surface area contributed by atoms with E-state index >= 15 is 0 Å². The highest BCUT2D eigenvalue weighted by Gasteiger charge is 2.08. The Kier molecular flexibility index (Phi) is 13.0. The Morgan fingerprint density at radius 1 is 0.533 bits per heavy atom. The summed E-state index contributed by atoms with van der Waals surface area (Å²) in [6.45, 7) is 20.3. The van der Waals surface area contributed by atoms with Crippen LogP contribution in [0.4, 0.5) is 11.4 Å². The monoisotopic (exact) mass is 604 g/mol. The summed E-state index contributed by atoms with van der Waals surface area (Å²) in [5.74, 6) is 0. The summed E-state index contributed by atoms with van der Waals surface area (Å²) in [4.78, 5) is 4.73. The van der Waals surface area contributed by atoms with Gasteiger partial charge in [-0.2, -0.15) is 0 Å². The number of ether oxygens (including phenoxy) is 1. The van der Waals surface area contributed by atoms with E-state index in [1.54, 1.807) is 0 Å². The first-order chi connectivity index (χ1) is 21.9. The largest absolute Gasteiger partial charge is 0.372 e. The minimum atomic E-state index is 0.686. The molecule has 0 unspecified atom stereocenters. The number of nitrogens with zero attached hydrogens (tertiary/aromatic N) is 4. The van der Waals surface area contributed by atoms with E-state index < -0.39 is 0 Å². The molecule has 4 rings (SSSR count). The van der Waals surface area contributed by atoms with Crippen LogP contribution in [0.15, 0.2) is 85.5 Å². The van der Waals surface area contributed by atoms with Crippen molar-refractivity contribution in [2.75, 3.05) is 49.2 Å². The van der Waals surface area contributed by atoms with Crippen LogP contribution in [0.1, 0.15) is 61.1 Å². The van der Waals surface area contributed by atoms with E-state index in [9.17, 15) is 0 Å². The summed E-state index contributed by atoms with van der Waals surface area (Å²) in [6.07, 6.45) is 17.5. The standard InChI is InChI=1S/C40H52N4O/c1-7-43(8-2)39-19-13-35(14-20-39)11-17-37-23-25-41(31-33(37)5)27-29-45-30-28-42-26-24-38(34(6)32-42)18-12-36-15-21-40(22-16-36)44(9-3)10-4/h11-26,31-32H,7-10,27-30H2,1-6H3/q+2. The molecule has 2 heterocycles. The van der Waals surface area contributed by atoms with Crippen molar-refractivity contribution < 1.29 is 13.9 Å². The first kappa shape index (κ1) is 33.7. The van der Waals surface area contributed by atoms with E-state index in [0.29, 0.717) is 13.2 Å². The Hall–Kier alpha value is -4.22. The van der Waals surface area contributed by atoms with Gasteiger partial charge in [0.15, 0.2) is 37.9 Å². The quantitative estimate of drug-likeness (QED) is 0.0971. The van der Waals surface area contributed by atoms with Crippen molar-refractivity contribution >= 4 is 35.7 Å². The van der Waals surface area contributed by atoms with E-state index in [1.807, 2.05) is 0 Å². The molecule has 0 atom stereocenters. The summed E-state index contributed by atoms with van der Waals surface area (Å²) in [6, 6.07) is 22.0. The lowest BCUT2D eigenvalue weighted by Gasteiger charge is -2.20. The molecule has 0 radical (unpaired) electrons. The van der Waals surface area contributed by atoms with Gasteiger partial charge < -0.3 is 14.5 Å². The second kappa shape index (κ2) is 17.3. The average molecular weight is 605 g/mol. The van der Waals surface area contributed by atoms with Gasteiger partial charge in [-0.05, 0) is 88.1 Å². The Morgan fingerprint density at radius 3 is 1.24 bits per heavy atom. The third kappa shape index (κ3) is 9.89. The van der Waals surface area contributed by atoms with Crippen LogP contribution in [0, 0.1) is 13.8 Å². The zero-order valence-corrected chi connectivity index (χ0v) is 28.2. The van der Waals surface area contributed by atoms with Crippen LogP contribution in [0.2, 0.25) is 0 Å². The van der Waals surface area contributed by atoms with Crippen molar-refractivity contribution in [1.82, 2.24) is 0 Å². The molecule has 2 aromatic carbocycles. The lowest BCUT2D eigenvalue weighted by Crippen LogP contribution is -2.38. The molecule has 0 saturated carbocycles. The number of rotatable bonds is 16. The first-order valence-corrected chi connectivity index (χ1v) is 16.6. The number of hydrogen-bond acceptors (Lipinski definition) is 3. The maximum absolute atomic E-state index is 6.00. The highest BCUT2D eigenvalue weighted by molar-refractivity contribution is 5.72. The van der Waals surface area contributed by atoms with Crippen molar-refractivity contribution in [3.63, 3.8) is 0 Å². The minimum Gasteiger partial charge on any atom is -0.372 e. The second-order valence-corrected chi connectivity index (χ2v) is 11.4. The second-order valence-electron chi connectivity index (χ2n) is 11.4. The van der Waals surface area contributed by atoms with Crippen LogP contribution in [0.5, 0.6) is 0 Å². The number of aryl methyl sites for hydroxylation is 2. The van der Waals surface area contributed by atoms with Crippen LogP contribution >= 0.6 is 0 Å². The van der Waals surface area contributed by atoms with Gasteiger partial charge in [-0.15, -0.1) is 0 Å². The molecule has 0 fully saturated rings. The Labute approximate surface area is 271 Å². The van der Waals surface area contributed by atoms with Crippen LogP contribution in [0.3, 0.4) is 0 Å². The molecule has 0 spiro atoms. The Balaban J connectivity index is 1.21. The van der Waals surface area contributed by atoms with Gasteiger partial charge in [-0.3, -0.25) is 0 Å². The van der Waals surface area contributed by atoms with Gasteiger partial charge in [0.2, 0.25) is 0 Å². The van der Waals surface area contributed by atoms with Crippen LogP contribution in [0.25, 0.3) is 24.3 Å². The van der Waals surface area contributed by atoms with Crippen LogP contribution < -0.4 is 18.9 Å². The van der Waals surface area contributed by atoms with Crippen molar-refractivity contribution in [1.29, 1.82) is 0 Å². The van der Waals surface area contributed by atoms with Crippen molar-refractivity contribution in [2.45, 2.75) is 54.6 Å². The van der Waals surface area contributed by atoms with E-state index in [2.05, 4.69) is 170 Å². The van der Waals surface area contributed by atoms with E-state index in [4.69, 9.17) is 4.74 Å². The molecule has 45 heavy (non-hydrogen) atoms. The summed E-state index contributed by atoms with van der Waals surface area (Å²) < 4.78 is 10.4.